The van der Waals surface area contributed by atoms with Crippen LogP contribution in [0.15, 0.2) is 11.6 Å². The van der Waals surface area contributed by atoms with E-state index >= 15 is 0 Å². The van der Waals surface area contributed by atoms with Crippen LogP contribution in [0.5, 0.6) is 0 Å². The third-order valence-electron chi connectivity index (χ3n) is 1.21. The summed E-state index contributed by atoms with van der Waals surface area (Å²) >= 11 is 5.59. The van der Waals surface area contributed by atoms with Gasteiger partial charge in [-0.3, -0.25) is 0 Å². The van der Waals surface area contributed by atoms with E-state index in [4.69, 9.17) is 16.3 Å². The van der Waals surface area contributed by atoms with Crippen LogP contribution in [0.25, 0.3) is 0 Å². The molecule has 1 unspecified atom stereocenters. The van der Waals surface area contributed by atoms with Crippen molar-refractivity contribution in [3.05, 3.63) is 11.6 Å². The van der Waals surface area contributed by atoms with Crippen LogP contribution in [0, 0.1) is 5.92 Å². The highest BCUT2D eigenvalue weighted by Crippen LogP contribution is 2.04. The van der Waals surface area contributed by atoms with Gasteiger partial charge >= 0.3 is 0 Å². The van der Waals surface area contributed by atoms with Gasteiger partial charge in [-0.25, -0.2) is 0 Å². The maximum Gasteiger partial charge on any atom is 0.0522 e. The Labute approximate surface area is 68.0 Å². The zero-order chi connectivity index (χ0) is 7.98. The average Bonchev–Trinajstić information content (AvgIpc) is 1.88. The van der Waals surface area contributed by atoms with Gasteiger partial charge in [0.2, 0.25) is 0 Å². The standard InChI is InChI=1S/C8H15ClO/c1-7(5-9)4-8(2)6-10-3/h4,8H,5-6H2,1-3H3/b7-4-. The van der Waals surface area contributed by atoms with Crippen molar-refractivity contribution in [2.75, 3.05) is 19.6 Å². The topological polar surface area (TPSA) is 9.23 Å². The van der Waals surface area contributed by atoms with E-state index in [2.05, 4.69) is 13.0 Å². The SMILES string of the molecule is COCC(C)/C=C(/C)CCl. The van der Waals surface area contributed by atoms with Crippen LogP contribution >= 0.6 is 11.6 Å². The highest BCUT2D eigenvalue weighted by Gasteiger charge is 1.95. The number of hydrogen-bond acceptors (Lipinski definition) is 1. The normalized spacial score (nSPS) is 15.4. The predicted molar refractivity (Wildman–Crippen MR) is 45.5 cm³/mol. The molecule has 0 aromatic heterocycles. The molecule has 0 bridgehead atoms. The van der Waals surface area contributed by atoms with Crippen molar-refractivity contribution in [3.63, 3.8) is 0 Å². The van der Waals surface area contributed by atoms with E-state index in [-0.39, 0.29) is 0 Å². The largest absolute Gasteiger partial charge is 0.384 e. The molecule has 0 radical (unpaired) electrons. The Morgan fingerprint density at radius 2 is 2.30 bits per heavy atom. The van der Waals surface area contributed by atoms with Gasteiger partial charge in [-0.1, -0.05) is 18.6 Å². The van der Waals surface area contributed by atoms with Gasteiger partial charge in [0.15, 0.2) is 0 Å². The van der Waals surface area contributed by atoms with E-state index in [0.29, 0.717) is 11.8 Å². The molecule has 1 atom stereocenters. The molecule has 0 saturated heterocycles. The highest BCUT2D eigenvalue weighted by molar-refractivity contribution is 6.19. The van der Waals surface area contributed by atoms with Gasteiger partial charge in [-0.05, 0) is 12.8 Å². The Bertz CT molecular complexity index is 110. The first-order valence-corrected chi connectivity index (χ1v) is 3.96. The van der Waals surface area contributed by atoms with Crippen molar-refractivity contribution in [1.29, 1.82) is 0 Å². The summed E-state index contributed by atoms with van der Waals surface area (Å²) in [6.45, 7) is 4.91. The van der Waals surface area contributed by atoms with Crippen LogP contribution in [0.4, 0.5) is 0 Å². The molecule has 0 aliphatic heterocycles. The minimum absolute atomic E-state index is 0.476. The molecule has 60 valence electrons. The van der Waals surface area contributed by atoms with Crippen LogP contribution in [0.2, 0.25) is 0 Å². The lowest BCUT2D eigenvalue weighted by Gasteiger charge is -2.04. The van der Waals surface area contributed by atoms with E-state index < -0.39 is 0 Å². The smallest absolute Gasteiger partial charge is 0.0522 e. The molecule has 0 spiro atoms. The monoisotopic (exact) mass is 162 g/mol. The van der Waals surface area contributed by atoms with E-state index in [1.807, 2.05) is 6.92 Å². The summed E-state index contributed by atoms with van der Waals surface area (Å²) in [6, 6.07) is 0. The molecule has 0 fully saturated rings. The summed E-state index contributed by atoms with van der Waals surface area (Å²) < 4.78 is 4.96. The molecule has 0 aromatic carbocycles. The summed E-state index contributed by atoms with van der Waals surface area (Å²) in [5.41, 5.74) is 1.21. The van der Waals surface area contributed by atoms with Crippen molar-refractivity contribution >= 4 is 11.6 Å². The molecule has 0 saturated carbocycles. The Balaban J connectivity index is 3.62. The fourth-order valence-corrected chi connectivity index (χ4v) is 0.930. The first-order chi connectivity index (χ1) is 4.70. The second-order valence-electron chi connectivity index (χ2n) is 2.58. The molecule has 0 amide bonds. The number of rotatable bonds is 4. The van der Waals surface area contributed by atoms with Gasteiger partial charge in [0, 0.05) is 13.0 Å². The quantitative estimate of drug-likeness (QED) is 0.456. The van der Waals surface area contributed by atoms with Crippen molar-refractivity contribution < 1.29 is 4.74 Å². The Morgan fingerprint density at radius 3 is 2.70 bits per heavy atom. The number of alkyl halides is 1. The van der Waals surface area contributed by atoms with Crippen LogP contribution in [0.1, 0.15) is 13.8 Å². The second-order valence-corrected chi connectivity index (χ2v) is 2.85. The summed E-state index contributed by atoms with van der Waals surface area (Å²) in [6.07, 6.45) is 2.14. The van der Waals surface area contributed by atoms with Gasteiger partial charge in [-0.2, -0.15) is 0 Å². The van der Waals surface area contributed by atoms with Gasteiger partial charge in [0.25, 0.3) is 0 Å². The van der Waals surface area contributed by atoms with E-state index in [9.17, 15) is 0 Å². The third-order valence-corrected chi connectivity index (χ3v) is 1.63. The van der Waals surface area contributed by atoms with Crippen LogP contribution < -0.4 is 0 Å². The van der Waals surface area contributed by atoms with Gasteiger partial charge in [0.05, 0.1) is 6.61 Å². The molecule has 0 heterocycles. The van der Waals surface area contributed by atoms with Crippen LogP contribution in [-0.4, -0.2) is 19.6 Å². The predicted octanol–water partition coefficient (Wildman–Crippen LogP) is 2.45. The molecule has 2 heteroatoms. The number of allylic oxidation sites excluding steroid dienone is 1. The Hall–Kier alpha value is -0.0100. The maximum absolute atomic E-state index is 5.59. The molecule has 10 heavy (non-hydrogen) atoms. The lowest BCUT2D eigenvalue weighted by atomic mass is 10.1. The fourth-order valence-electron chi connectivity index (χ4n) is 0.841. The molecule has 0 aromatic rings. The van der Waals surface area contributed by atoms with Crippen LogP contribution in [-0.2, 0) is 4.74 Å². The average molecular weight is 163 g/mol. The third kappa shape index (κ3) is 4.83. The maximum atomic E-state index is 5.59. The summed E-state index contributed by atoms with van der Waals surface area (Å²) in [7, 11) is 1.71. The molecular weight excluding hydrogens is 148 g/mol. The summed E-state index contributed by atoms with van der Waals surface area (Å²) in [5, 5.41) is 0. The van der Waals surface area contributed by atoms with Crippen molar-refractivity contribution in [2.45, 2.75) is 13.8 Å². The van der Waals surface area contributed by atoms with Crippen molar-refractivity contribution in [2.24, 2.45) is 5.92 Å². The zero-order valence-corrected chi connectivity index (χ0v) is 7.61. The zero-order valence-electron chi connectivity index (χ0n) is 6.86. The van der Waals surface area contributed by atoms with Crippen molar-refractivity contribution in [3.8, 4) is 0 Å². The van der Waals surface area contributed by atoms with E-state index in [0.717, 1.165) is 6.61 Å². The molecular formula is C8H15ClO. The lowest BCUT2D eigenvalue weighted by molar-refractivity contribution is 0.176. The number of hydrogen-bond donors (Lipinski definition) is 0. The number of halogens is 1. The van der Waals surface area contributed by atoms with Gasteiger partial charge in [0.1, 0.15) is 0 Å². The van der Waals surface area contributed by atoms with E-state index in [1.165, 1.54) is 5.57 Å². The first-order valence-electron chi connectivity index (χ1n) is 3.43. The fraction of sp³-hybridized carbons (Fsp3) is 0.750. The lowest BCUT2D eigenvalue weighted by Crippen LogP contribution is -2.00. The summed E-state index contributed by atoms with van der Waals surface area (Å²) in [5.74, 6) is 1.09. The molecule has 0 N–H and O–H groups in total. The molecule has 0 rings (SSSR count). The number of ether oxygens (including phenoxy) is 1. The minimum Gasteiger partial charge on any atom is -0.384 e. The number of methoxy groups -OCH3 is 1. The first kappa shape index (κ1) is 9.99. The van der Waals surface area contributed by atoms with Gasteiger partial charge < -0.3 is 4.74 Å². The minimum atomic E-state index is 0.476. The molecule has 0 aliphatic rings. The molecule has 1 nitrogen and oxygen atoms in total. The van der Waals surface area contributed by atoms with Gasteiger partial charge in [-0.15, -0.1) is 11.6 Å². The second kappa shape index (κ2) is 5.75. The van der Waals surface area contributed by atoms with Crippen LogP contribution in [0.3, 0.4) is 0 Å². The Morgan fingerprint density at radius 1 is 1.70 bits per heavy atom. The molecule has 0 aliphatic carbocycles. The Kier molecular flexibility index (Phi) is 5.74. The summed E-state index contributed by atoms with van der Waals surface area (Å²) in [4.78, 5) is 0. The van der Waals surface area contributed by atoms with E-state index in [1.54, 1.807) is 7.11 Å². The highest BCUT2D eigenvalue weighted by atomic mass is 35.5. The van der Waals surface area contributed by atoms with Crippen molar-refractivity contribution in [1.82, 2.24) is 0 Å².